The fourth-order valence-electron chi connectivity index (χ4n) is 3.48. The highest BCUT2D eigenvalue weighted by atomic mass is 16.7. The molecule has 0 spiro atoms. The van der Waals surface area contributed by atoms with Gasteiger partial charge in [-0.05, 0) is 38.0 Å². The van der Waals surface area contributed by atoms with Gasteiger partial charge in [0.15, 0.2) is 6.29 Å². The van der Waals surface area contributed by atoms with E-state index in [-0.39, 0.29) is 6.29 Å². The molecule has 6 heteroatoms. The van der Waals surface area contributed by atoms with Crippen molar-refractivity contribution in [3.8, 4) is 0 Å². The molecule has 4 rings (SSSR count). The van der Waals surface area contributed by atoms with Crippen molar-refractivity contribution in [1.29, 1.82) is 0 Å². The van der Waals surface area contributed by atoms with Crippen LogP contribution in [-0.2, 0) is 29.2 Å². The maximum absolute atomic E-state index is 10.2. The molecule has 0 aliphatic rings. The number of aromatic nitrogens is 3. The minimum Gasteiger partial charge on any atom is -0.389 e. The summed E-state index contributed by atoms with van der Waals surface area (Å²) in [6.45, 7) is 6.90. The number of aliphatic hydroxyl groups is 1. The monoisotopic (exact) mass is 405 g/mol. The molecule has 0 saturated carbocycles. The van der Waals surface area contributed by atoms with E-state index in [2.05, 4.69) is 9.97 Å². The van der Waals surface area contributed by atoms with Crippen molar-refractivity contribution in [2.75, 3.05) is 0 Å². The van der Waals surface area contributed by atoms with E-state index in [1.54, 1.807) is 26.4 Å². The van der Waals surface area contributed by atoms with Crippen LogP contribution in [0.5, 0.6) is 0 Å². The summed E-state index contributed by atoms with van der Waals surface area (Å²) in [5.74, 6) is 0. The third-order valence-corrected chi connectivity index (χ3v) is 4.88. The van der Waals surface area contributed by atoms with Crippen molar-refractivity contribution in [2.45, 2.75) is 52.4 Å². The van der Waals surface area contributed by atoms with Crippen molar-refractivity contribution in [3.05, 3.63) is 72.2 Å². The predicted molar refractivity (Wildman–Crippen MR) is 117 cm³/mol. The number of hydrogen-bond donors (Lipinski definition) is 1. The second-order valence-corrected chi connectivity index (χ2v) is 8.20. The van der Waals surface area contributed by atoms with Crippen LogP contribution >= 0.6 is 0 Å². The van der Waals surface area contributed by atoms with Crippen molar-refractivity contribution in [1.82, 2.24) is 14.5 Å². The van der Waals surface area contributed by atoms with E-state index in [1.165, 1.54) is 0 Å². The fourth-order valence-corrected chi connectivity index (χ4v) is 3.48. The van der Waals surface area contributed by atoms with Gasteiger partial charge in [0.25, 0.3) is 0 Å². The molecule has 156 valence electrons. The lowest BCUT2D eigenvalue weighted by Crippen LogP contribution is -2.25. The number of hydrogen-bond acceptors (Lipinski definition) is 5. The van der Waals surface area contributed by atoms with Crippen LogP contribution in [0.4, 0.5) is 0 Å². The van der Waals surface area contributed by atoms with E-state index >= 15 is 0 Å². The molecule has 0 aliphatic carbocycles. The Labute approximate surface area is 176 Å². The van der Waals surface area contributed by atoms with Crippen molar-refractivity contribution >= 4 is 21.9 Å². The summed E-state index contributed by atoms with van der Waals surface area (Å²) in [6.07, 6.45) is 3.21. The molecule has 6 nitrogen and oxygen atoms in total. The molecule has 0 radical (unpaired) electrons. The Morgan fingerprint density at radius 1 is 0.967 bits per heavy atom. The van der Waals surface area contributed by atoms with Gasteiger partial charge in [0.2, 0.25) is 0 Å². The van der Waals surface area contributed by atoms with Crippen molar-refractivity contribution in [3.63, 3.8) is 0 Å². The molecular weight excluding hydrogens is 378 g/mol. The lowest BCUT2D eigenvalue weighted by atomic mass is 10.1. The molecule has 2 heterocycles. The van der Waals surface area contributed by atoms with Gasteiger partial charge < -0.3 is 19.1 Å². The zero-order valence-electron chi connectivity index (χ0n) is 17.6. The Balaban J connectivity index is 1.46. The highest BCUT2D eigenvalue weighted by Gasteiger charge is 2.17. The number of nitrogens with zero attached hydrogens (tertiary/aromatic N) is 3. The van der Waals surface area contributed by atoms with Gasteiger partial charge in [0.1, 0.15) is 5.52 Å². The van der Waals surface area contributed by atoms with Gasteiger partial charge in [-0.3, -0.25) is 4.98 Å². The maximum Gasteiger partial charge on any atom is 0.155 e. The molecule has 4 aromatic rings. The average Bonchev–Trinajstić information content (AvgIpc) is 3.12. The second-order valence-electron chi connectivity index (χ2n) is 8.20. The second kappa shape index (κ2) is 8.52. The predicted octanol–water partition coefficient (Wildman–Crippen LogP) is 4.43. The summed E-state index contributed by atoms with van der Waals surface area (Å²) < 4.78 is 13.6. The Morgan fingerprint density at radius 3 is 2.43 bits per heavy atom. The minimum absolute atomic E-state index is 0.315. The van der Waals surface area contributed by atoms with E-state index in [1.807, 2.05) is 60.0 Å². The summed E-state index contributed by atoms with van der Waals surface area (Å²) in [5, 5.41) is 11.2. The van der Waals surface area contributed by atoms with Crippen LogP contribution in [0, 0.1) is 0 Å². The molecule has 2 aromatic heterocycles. The molecule has 1 unspecified atom stereocenters. The van der Waals surface area contributed by atoms with Crippen molar-refractivity contribution < 1.29 is 14.6 Å². The summed E-state index contributed by atoms with van der Waals surface area (Å²) in [5.41, 5.74) is 3.99. The number of rotatable bonds is 8. The number of pyridine rings is 1. The van der Waals surface area contributed by atoms with Gasteiger partial charge in [-0.1, -0.05) is 42.5 Å². The zero-order chi connectivity index (χ0) is 21.1. The normalized spacial score (nSPS) is 13.2. The first-order valence-corrected chi connectivity index (χ1v) is 10.1. The third kappa shape index (κ3) is 4.84. The van der Waals surface area contributed by atoms with Gasteiger partial charge in [-0.15, -0.1) is 0 Å². The highest BCUT2D eigenvalue weighted by Crippen LogP contribution is 2.25. The summed E-state index contributed by atoms with van der Waals surface area (Å²) in [6, 6.07) is 16.2. The van der Waals surface area contributed by atoms with E-state index < -0.39 is 5.60 Å². The molecule has 1 atom stereocenters. The Morgan fingerprint density at radius 2 is 1.70 bits per heavy atom. The van der Waals surface area contributed by atoms with E-state index in [0.29, 0.717) is 19.8 Å². The number of imidazole rings is 1. The Bertz CT molecular complexity index is 1130. The average molecular weight is 405 g/mol. The third-order valence-electron chi connectivity index (χ3n) is 4.88. The van der Waals surface area contributed by atoms with Gasteiger partial charge in [-0.2, -0.15) is 0 Å². The van der Waals surface area contributed by atoms with Gasteiger partial charge in [0.05, 0.1) is 48.9 Å². The van der Waals surface area contributed by atoms with Crippen LogP contribution in [-0.4, -0.2) is 31.5 Å². The van der Waals surface area contributed by atoms with Crippen LogP contribution in [0.2, 0.25) is 0 Å². The maximum atomic E-state index is 10.2. The SMILES string of the molecule is CC(OCc1ccccc1)OCc1ccc2c(c1)ncc1ncn(CC(C)(C)O)c12. The number of ether oxygens (including phenoxy) is 2. The molecule has 1 N–H and O–H groups in total. The molecule has 0 aliphatic heterocycles. The standard InChI is InChI=1S/C24H27N3O3/c1-17(29-13-18-7-5-4-6-8-18)30-14-19-9-10-20-21(11-19)25-12-22-23(20)27(16-26-22)15-24(2,3)28/h4-12,16-17,28H,13-15H2,1-3H3. The summed E-state index contributed by atoms with van der Waals surface area (Å²) in [7, 11) is 0. The minimum atomic E-state index is -0.826. The fraction of sp³-hybridized carbons (Fsp3) is 0.333. The van der Waals surface area contributed by atoms with E-state index in [0.717, 1.165) is 33.1 Å². The molecule has 2 aromatic carbocycles. The van der Waals surface area contributed by atoms with Gasteiger partial charge >= 0.3 is 0 Å². The Kier molecular flexibility index (Phi) is 5.81. The van der Waals surface area contributed by atoms with Crippen LogP contribution in [0.25, 0.3) is 21.9 Å². The van der Waals surface area contributed by atoms with E-state index in [9.17, 15) is 5.11 Å². The lowest BCUT2D eigenvalue weighted by molar-refractivity contribution is -0.144. The van der Waals surface area contributed by atoms with E-state index in [4.69, 9.17) is 9.47 Å². The van der Waals surface area contributed by atoms with Crippen LogP contribution in [0.1, 0.15) is 31.9 Å². The topological polar surface area (TPSA) is 69.4 Å². The zero-order valence-corrected chi connectivity index (χ0v) is 17.6. The smallest absolute Gasteiger partial charge is 0.155 e. The van der Waals surface area contributed by atoms with Gasteiger partial charge in [0, 0.05) is 5.39 Å². The first kappa shape index (κ1) is 20.5. The summed E-state index contributed by atoms with van der Waals surface area (Å²) >= 11 is 0. The highest BCUT2D eigenvalue weighted by molar-refractivity contribution is 6.02. The molecule has 0 saturated heterocycles. The first-order chi connectivity index (χ1) is 14.4. The molecule has 0 bridgehead atoms. The van der Waals surface area contributed by atoms with Gasteiger partial charge in [-0.25, -0.2) is 4.98 Å². The Hall–Kier alpha value is -2.80. The molecule has 0 fully saturated rings. The number of fused-ring (bicyclic) bond motifs is 3. The molecular formula is C24H27N3O3. The van der Waals surface area contributed by atoms with Crippen LogP contribution in [0.15, 0.2) is 61.1 Å². The number of benzene rings is 2. The molecule has 0 amide bonds. The quantitative estimate of drug-likeness (QED) is 0.439. The van der Waals surface area contributed by atoms with Crippen LogP contribution in [0.3, 0.4) is 0 Å². The first-order valence-electron chi connectivity index (χ1n) is 10.1. The lowest BCUT2D eigenvalue weighted by Gasteiger charge is -2.18. The van der Waals surface area contributed by atoms with Crippen molar-refractivity contribution in [2.24, 2.45) is 0 Å². The summed E-state index contributed by atoms with van der Waals surface area (Å²) in [4.78, 5) is 8.99. The largest absolute Gasteiger partial charge is 0.389 e. The molecule has 30 heavy (non-hydrogen) atoms. The van der Waals surface area contributed by atoms with Crippen LogP contribution < -0.4 is 0 Å².